The third-order valence-electron chi connectivity index (χ3n) is 6.37. The van der Waals surface area contributed by atoms with Crippen LogP contribution in [0, 0.1) is 5.82 Å². The Morgan fingerprint density at radius 2 is 1.93 bits per heavy atom. The van der Waals surface area contributed by atoms with E-state index in [-0.39, 0.29) is 12.4 Å². The monoisotopic (exact) mass is 401 g/mol. The number of aliphatic hydroxyl groups is 1. The van der Waals surface area contributed by atoms with E-state index in [9.17, 15) is 9.50 Å². The van der Waals surface area contributed by atoms with Crippen molar-refractivity contribution in [2.75, 3.05) is 46.4 Å². The number of para-hydroxylation sites is 1. The lowest BCUT2D eigenvalue weighted by molar-refractivity contribution is 0.00599. The van der Waals surface area contributed by atoms with Gasteiger partial charge >= 0.3 is 0 Å². The lowest BCUT2D eigenvalue weighted by atomic mass is 9.98. The van der Waals surface area contributed by atoms with Gasteiger partial charge < -0.3 is 10.0 Å². The molecule has 4 rings (SSSR count). The molecular formula is C22H32FN5O. The first-order chi connectivity index (χ1) is 14.1. The van der Waals surface area contributed by atoms with Crippen LogP contribution in [0.2, 0.25) is 0 Å². The highest BCUT2D eigenvalue weighted by atomic mass is 19.1. The van der Waals surface area contributed by atoms with Gasteiger partial charge in [-0.05, 0) is 51.5 Å². The van der Waals surface area contributed by atoms with E-state index in [1.54, 1.807) is 16.8 Å². The predicted molar refractivity (Wildman–Crippen MR) is 112 cm³/mol. The summed E-state index contributed by atoms with van der Waals surface area (Å²) in [6, 6.07) is 7.73. The summed E-state index contributed by atoms with van der Waals surface area (Å²) in [5, 5.41) is 14.0. The normalized spacial score (nSPS) is 22.9. The number of piperidine rings is 1. The second kappa shape index (κ2) is 9.34. The van der Waals surface area contributed by atoms with E-state index in [0.717, 1.165) is 51.3 Å². The molecule has 2 aromatic rings. The Labute approximate surface area is 172 Å². The van der Waals surface area contributed by atoms with Gasteiger partial charge in [0, 0.05) is 56.6 Å². The third-order valence-corrected chi connectivity index (χ3v) is 6.37. The van der Waals surface area contributed by atoms with Crippen LogP contribution in [0.25, 0.3) is 5.69 Å². The van der Waals surface area contributed by atoms with Crippen LogP contribution in [-0.4, -0.2) is 88.0 Å². The van der Waals surface area contributed by atoms with Gasteiger partial charge in [-0.25, -0.2) is 9.07 Å². The average Bonchev–Trinajstić information content (AvgIpc) is 3.18. The van der Waals surface area contributed by atoms with Gasteiger partial charge in [-0.15, -0.1) is 0 Å². The number of halogens is 1. The number of hydrogen-bond donors (Lipinski definition) is 1. The fraction of sp³-hybridized carbons (Fsp3) is 0.591. The highest BCUT2D eigenvalue weighted by Gasteiger charge is 2.33. The minimum absolute atomic E-state index is 0.229. The topological polar surface area (TPSA) is 47.8 Å². The molecular weight excluding hydrogens is 369 g/mol. The number of aliphatic hydroxyl groups excluding tert-OH is 1. The number of likely N-dealkylation sites (tertiary alicyclic amines) is 1. The van der Waals surface area contributed by atoms with Gasteiger partial charge in [-0.2, -0.15) is 5.10 Å². The van der Waals surface area contributed by atoms with Crippen molar-refractivity contribution in [3.05, 3.63) is 48.0 Å². The van der Waals surface area contributed by atoms with E-state index < -0.39 is 0 Å². The Balaban J connectivity index is 1.39. The van der Waals surface area contributed by atoms with Gasteiger partial charge in [0.15, 0.2) is 0 Å². The minimum Gasteiger partial charge on any atom is -0.396 e. The van der Waals surface area contributed by atoms with Crippen LogP contribution < -0.4 is 0 Å². The molecule has 2 fully saturated rings. The summed E-state index contributed by atoms with van der Waals surface area (Å²) in [6.45, 7) is 6.36. The molecule has 1 aromatic heterocycles. The molecule has 2 aliphatic rings. The van der Waals surface area contributed by atoms with E-state index in [0.29, 0.717) is 17.8 Å². The first kappa shape index (κ1) is 20.5. The van der Waals surface area contributed by atoms with Crippen molar-refractivity contribution in [3.63, 3.8) is 0 Å². The molecule has 0 radical (unpaired) electrons. The zero-order valence-electron chi connectivity index (χ0n) is 17.3. The van der Waals surface area contributed by atoms with E-state index in [2.05, 4.69) is 26.8 Å². The number of nitrogens with zero attached hydrogens (tertiary/aromatic N) is 5. The second-order valence-corrected chi connectivity index (χ2v) is 8.42. The number of rotatable bonds is 6. The largest absolute Gasteiger partial charge is 0.396 e. The molecule has 1 unspecified atom stereocenters. The van der Waals surface area contributed by atoms with E-state index in [4.69, 9.17) is 0 Å². The van der Waals surface area contributed by atoms with Crippen molar-refractivity contribution in [3.8, 4) is 5.69 Å². The molecule has 158 valence electrons. The average molecular weight is 402 g/mol. The van der Waals surface area contributed by atoms with Gasteiger partial charge in [0.1, 0.15) is 11.5 Å². The summed E-state index contributed by atoms with van der Waals surface area (Å²) < 4.78 is 15.6. The number of aromatic nitrogens is 2. The molecule has 7 heteroatoms. The fourth-order valence-corrected chi connectivity index (χ4v) is 4.76. The third kappa shape index (κ3) is 4.86. The van der Waals surface area contributed by atoms with Crippen molar-refractivity contribution in [2.45, 2.75) is 37.9 Å². The van der Waals surface area contributed by atoms with Gasteiger partial charge in [0.2, 0.25) is 0 Å². The highest BCUT2D eigenvalue weighted by molar-refractivity contribution is 5.32. The highest BCUT2D eigenvalue weighted by Crippen LogP contribution is 2.24. The summed E-state index contributed by atoms with van der Waals surface area (Å²) in [5.41, 5.74) is 1.56. The standard InChI is InChI=1S/C22H32FN5O/c1-25-9-6-19(7-10-25)27-12-11-26(17-20(27)8-13-29)15-18-14-24-28(16-18)22-5-3-2-4-21(22)23/h2-5,14,16,19-20,29H,6-13,15,17H2,1H3. The van der Waals surface area contributed by atoms with Crippen molar-refractivity contribution >= 4 is 0 Å². The number of benzene rings is 1. The SMILES string of the molecule is CN1CCC(N2CCN(Cc3cnn(-c4ccccc4F)c3)CC2CCO)CC1. The Morgan fingerprint density at radius 3 is 2.69 bits per heavy atom. The molecule has 2 aliphatic heterocycles. The zero-order chi connectivity index (χ0) is 20.2. The van der Waals surface area contributed by atoms with Gasteiger partial charge in [0.25, 0.3) is 0 Å². The van der Waals surface area contributed by atoms with Crippen molar-refractivity contribution in [1.82, 2.24) is 24.5 Å². The van der Waals surface area contributed by atoms with Crippen molar-refractivity contribution in [1.29, 1.82) is 0 Å². The maximum Gasteiger partial charge on any atom is 0.148 e. The fourth-order valence-electron chi connectivity index (χ4n) is 4.76. The van der Waals surface area contributed by atoms with E-state index in [1.807, 2.05) is 18.5 Å². The van der Waals surface area contributed by atoms with Gasteiger partial charge in [0.05, 0.1) is 6.20 Å². The first-order valence-electron chi connectivity index (χ1n) is 10.7. The molecule has 2 saturated heterocycles. The summed E-state index contributed by atoms with van der Waals surface area (Å²) in [7, 11) is 2.20. The molecule has 0 aliphatic carbocycles. The second-order valence-electron chi connectivity index (χ2n) is 8.42. The Bertz CT molecular complexity index is 789. The Hall–Kier alpha value is -1.80. The molecule has 29 heavy (non-hydrogen) atoms. The molecule has 1 N–H and O–H groups in total. The van der Waals surface area contributed by atoms with Gasteiger partial charge in [-0.3, -0.25) is 9.80 Å². The van der Waals surface area contributed by atoms with Crippen molar-refractivity contribution in [2.24, 2.45) is 0 Å². The molecule has 1 aromatic carbocycles. The number of piperazine rings is 1. The van der Waals surface area contributed by atoms with Gasteiger partial charge in [-0.1, -0.05) is 12.1 Å². The maximum atomic E-state index is 14.0. The van der Waals surface area contributed by atoms with Crippen LogP contribution in [0.4, 0.5) is 4.39 Å². The zero-order valence-corrected chi connectivity index (χ0v) is 17.3. The van der Waals surface area contributed by atoms with Crippen LogP contribution >= 0.6 is 0 Å². The van der Waals surface area contributed by atoms with E-state index >= 15 is 0 Å². The van der Waals surface area contributed by atoms with Crippen LogP contribution in [0.15, 0.2) is 36.7 Å². The Morgan fingerprint density at radius 1 is 1.14 bits per heavy atom. The molecule has 0 amide bonds. The molecule has 6 nitrogen and oxygen atoms in total. The molecule has 0 spiro atoms. The van der Waals surface area contributed by atoms with Crippen molar-refractivity contribution < 1.29 is 9.50 Å². The van der Waals surface area contributed by atoms with Crippen LogP contribution in [0.3, 0.4) is 0 Å². The number of hydrogen-bond acceptors (Lipinski definition) is 5. The molecule has 3 heterocycles. The van der Waals surface area contributed by atoms with Crippen LogP contribution in [-0.2, 0) is 6.54 Å². The first-order valence-corrected chi connectivity index (χ1v) is 10.7. The lowest BCUT2D eigenvalue weighted by Crippen LogP contribution is -2.58. The maximum absolute atomic E-state index is 14.0. The Kier molecular flexibility index (Phi) is 6.60. The summed E-state index contributed by atoms with van der Waals surface area (Å²) in [4.78, 5) is 7.48. The van der Waals surface area contributed by atoms with E-state index in [1.165, 1.54) is 18.9 Å². The minimum atomic E-state index is -0.267. The lowest BCUT2D eigenvalue weighted by Gasteiger charge is -2.47. The summed E-state index contributed by atoms with van der Waals surface area (Å²) in [5.74, 6) is -0.267. The molecule has 0 saturated carbocycles. The molecule has 1 atom stereocenters. The summed E-state index contributed by atoms with van der Waals surface area (Å²) >= 11 is 0. The van der Waals surface area contributed by atoms with Crippen LogP contribution in [0.1, 0.15) is 24.8 Å². The van der Waals surface area contributed by atoms with Crippen LogP contribution in [0.5, 0.6) is 0 Å². The quantitative estimate of drug-likeness (QED) is 0.802. The predicted octanol–water partition coefficient (Wildman–Crippen LogP) is 1.97. The smallest absolute Gasteiger partial charge is 0.148 e. The molecule has 0 bridgehead atoms. The summed E-state index contributed by atoms with van der Waals surface area (Å²) in [6.07, 6.45) is 7.00.